The molecule has 0 spiro atoms. The second-order valence-corrected chi connectivity index (χ2v) is 8.00. The molecule has 0 aliphatic heterocycles. The van der Waals surface area contributed by atoms with Crippen LogP contribution in [0, 0.1) is 0 Å². The summed E-state index contributed by atoms with van der Waals surface area (Å²) in [5.41, 5.74) is 7.02. The summed E-state index contributed by atoms with van der Waals surface area (Å²) in [6.45, 7) is 0. The van der Waals surface area contributed by atoms with Gasteiger partial charge in [0.1, 0.15) is 0 Å². The summed E-state index contributed by atoms with van der Waals surface area (Å²) in [6, 6.07) is 33.4. The van der Waals surface area contributed by atoms with Crippen LogP contribution in [0.5, 0.6) is 0 Å². The molecule has 1 fully saturated rings. The molecule has 0 aromatic heterocycles. The van der Waals surface area contributed by atoms with Crippen LogP contribution in [0.2, 0.25) is 0 Å². The lowest BCUT2D eigenvalue weighted by Gasteiger charge is -2.27. The molecule has 138 valence electrons. The smallest absolute Gasteiger partial charge is 0.00700 e. The number of fused-ring (bicyclic) bond motifs is 1. The standard InChI is InChI=1S/C28H26/c1-4-12-21(13-5-1)26-20-27(22-14-6-2-7-15-22)28(23-16-8-3-9-17-23)25-19-11-10-18-24(25)26/h1,3-5,8-13,16-20,22H,2,6-7,14-15H2. The van der Waals surface area contributed by atoms with Crippen molar-refractivity contribution >= 4 is 10.8 Å². The lowest BCUT2D eigenvalue weighted by Crippen LogP contribution is -2.07. The maximum Gasteiger partial charge on any atom is -0.00700 e. The summed E-state index contributed by atoms with van der Waals surface area (Å²) in [5.74, 6) is 0.663. The van der Waals surface area contributed by atoms with Crippen LogP contribution in [-0.2, 0) is 0 Å². The molecule has 5 rings (SSSR count). The molecule has 1 saturated carbocycles. The van der Waals surface area contributed by atoms with Crippen molar-refractivity contribution in [2.45, 2.75) is 38.0 Å². The Balaban J connectivity index is 1.84. The van der Waals surface area contributed by atoms with E-state index in [0.717, 1.165) is 0 Å². The number of hydrogen-bond acceptors (Lipinski definition) is 0. The Morgan fingerprint density at radius 3 is 1.79 bits per heavy atom. The van der Waals surface area contributed by atoms with Gasteiger partial charge in [-0.2, -0.15) is 0 Å². The fraction of sp³-hybridized carbons (Fsp3) is 0.214. The van der Waals surface area contributed by atoms with Crippen molar-refractivity contribution in [3.63, 3.8) is 0 Å². The van der Waals surface area contributed by atoms with Crippen molar-refractivity contribution in [1.29, 1.82) is 0 Å². The zero-order chi connectivity index (χ0) is 18.8. The molecular formula is C28H26. The lowest BCUT2D eigenvalue weighted by molar-refractivity contribution is 0.444. The van der Waals surface area contributed by atoms with Crippen LogP contribution in [0.15, 0.2) is 91.0 Å². The van der Waals surface area contributed by atoms with Gasteiger partial charge in [-0.1, -0.05) is 104 Å². The number of hydrogen-bond donors (Lipinski definition) is 0. The summed E-state index contributed by atoms with van der Waals surface area (Å²) in [5, 5.41) is 2.74. The SMILES string of the molecule is c1ccc(-c2cc(C3CCCCC3)c(-c3ccccc3)c3ccccc23)cc1. The molecule has 0 heterocycles. The maximum absolute atomic E-state index is 2.51. The van der Waals surface area contributed by atoms with Gasteiger partial charge >= 0.3 is 0 Å². The number of benzene rings is 4. The van der Waals surface area contributed by atoms with E-state index in [1.54, 1.807) is 5.56 Å². The summed E-state index contributed by atoms with van der Waals surface area (Å²) in [7, 11) is 0. The van der Waals surface area contributed by atoms with Gasteiger partial charge < -0.3 is 0 Å². The van der Waals surface area contributed by atoms with Crippen LogP contribution in [-0.4, -0.2) is 0 Å². The fourth-order valence-corrected chi connectivity index (χ4v) is 4.92. The zero-order valence-corrected chi connectivity index (χ0v) is 16.3. The van der Waals surface area contributed by atoms with Crippen molar-refractivity contribution < 1.29 is 0 Å². The predicted molar refractivity (Wildman–Crippen MR) is 121 cm³/mol. The molecular weight excluding hydrogens is 336 g/mol. The van der Waals surface area contributed by atoms with Gasteiger partial charge in [0.05, 0.1) is 0 Å². The largest absolute Gasteiger partial charge is 0.0622 e. The van der Waals surface area contributed by atoms with Crippen LogP contribution < -0.4 is 0 Å². The fourth-order valence-electron chi connectivity index (χ4n) is 4.92. The van der Waals surface area contributed by atoms with Gasteiger partial charge in [-0.05, 0) is 63.4 Å². The molecule has 0 atom stereocenters. The van der Waals surface area contributed by atoms with Gasteiger partial charge in [0.25, 0.3) is 0 Å². The average Bonchev–Trinajstić information content (AvgIpc) is 2.80. The Labute approximate surface area is 167 Å². The normalized spacial score (nSPS) is 15.0. The van der Waals surface area contributed by atoms with Crippen molar-refractivity contribution in [1.82, 2.24) is 0 Å². The Bertz CT molecular complexity index is 1070. The minimum Gasteiger partial charge on any atom is -0.0622 e. The average molecular weight is 363 g/mol. The van der Waals surface area contributed by atoms with Gasteiger partial charge in [0.2, 0.25) is 0 Å². The van der Waals surface area contributed by atoms with Gasteiger partial charge in [-0.15, -0.1) is 0 Å². The number of rotatable bonds is 3. The highest BCUT2D eigenvalue weighted by Gasteiger charge is 2.22. The van der Waals surface area contributed by atoms with Crippen molar-refractivity contribution in [2.75, 3.05) is 0 Å². The summed E-state index contributed by atoms with van der Waals surface area (Å²) in [6.07, 6.45) is 6.72. The first-order valence-corrected chi connectivity index (χ1v) is 10.6. The first-order chi connectivity index (χ1) is 13.9. The van der Waals surface area contributed by atoms with E-state index in [1.165, 1.54) is 65.1 Å². The Morgan fingerprint density at radius 1 is 0.536 bits per heavy atom. The van der Waals surface area contributed by atoms with Crippen LogP contribution in [0.3, 0.4) is 0 Å². The first kappa shape index (κ1) is 17.3. The van der Waals surface area contributed by atoms with E-state index in [9.17, 15) is 0 Å². The molecule has 1 aliphatic rings. The molecule has 0 heteroatoms. The molecule has 4 aromatic rings. The van der Waals surface area contributed by atoms with E-state index in [2.05, 4.69) is 91.0 Å². The minimum absolute atomic E-state index is 0.663. The van der Waals surface area contributed by atoms with Crippen molar-refractivity contribution in [2.24, 2.45) is 0 Å². The molecule has 0 radical (unpaired) electrons. The lowest BCUT2D eigenvalue weighted by atomic mass is 9.77. The molecule has 0 unspecified atom stereocenters. The topological polar surface area (TPSA) is 0 Å². The third-order valence-corrected chi connectivity index (χ3v) is 6.27. The third-order valence-electron chi connectivity index (χ3n) is 6.27. The molecule has 0 N–H and O–H groups in total. The van der Waals surface area contributed by atoms with Gasteiger partial charge in [-0.25, -0.2) is 0 Å². The quantitative estimate of drug-likeness (QED) is 0.344. The molecule has 0 saturated heterocycles. The van der Waals surface area contributed by atoms with E-state index in [0.29, 0.717) is 5.92 Å². The Kier molecular flexibility index (Phi) is 4.71. The predicted octanol–water partition coefficient (Wildman–Crippen LogP) is 8.22. The zero-order valence-electron chi connectivity index (χ0n) is 16.3. The highest BCUT2D eigenvalue weighted by Crippen LogP contribution is 2.44. The van der Waals surface area contributed by atoms with Gasteiger partial charge in [0.15, 0.2) is 0 Å². The summed E-state index contributed by atoms with van der Waals surface area (Å²) < 4.78 is 0. The van der Waals surface area contributed by atoms with E-state index in [4.69, 9.17) is 0 Å². The van der Waals surface area contributed by atoms with Crippen molar-refractivity contribution in [3.8, 4) is 22.3 Å². The van der Waals surface area contributed by atoms with Crippen LogP contribution in [0.25, 0.3) is 33.0 Å². The Morgan fingerprint density at radius 2 is 1.11 bits per heavy atom. The molecule has 0 nitrogen and oxygen atoms in total. The van der Waals surface area contributed by atoms with Crippen LogP contribution in [0.4, 0.5) is 0 Å². The van der Waals surface area contributed by atoms with Crippen molar-refractivity contribution in [3.05, 3.63) is 96.6 Å². The molecule has 1 aliphatic carbocycles. The highest BCUT2D eigenvalue weighted by atomic mass is 14.3. The molecule has 4 aromatic carbocycles. The second kappa shape index (κ2) is 7.64. The third kappa shape index (κ3) is 3.14. The van der Waals surface area contributed by atoms with Crippen LogP contribution in [0.1, 0.15) is 43.6 Å². The summed E-state index contributed by atoms with van der Waals surface area (Å²) >= 11 is 0. The van der Waals surface area contributed by atoms with Gasteiger partial charge in [0, 0.05) is 0 Å². The Hall–Kier alpha value is -2.86. The van der Waals surface area contributed by atoms with Crippen LogP contribution >= 0.6 is 0 Å². The van der Waals surface area contributed by atoms with E-state index in [1.807, 2.05) is 0 Å². The molecule has 0 amide bonds. The molecule has 28 heavy (non-hydrogen) atoms. The highest BCUT2D eigenvalue weighted by molar-refractivity contribution is 6.06. The van der Waals surface area contributed by atoms with E-state index < -0.39 is 0 Å². The summed E-state index contributed by atoms with van der Waals surface area (Å²) in [4.78, 5) is 0. The monoisotopic (exact) mass is 362 g/mol. The van der Waals surface area contributed by atoms with Gasteiger partial charge in [-0.3, -0.25) is 0 Å². The molecule has 0 bridgehead atoms. The minimum atomic E-state index is 0.663. The van der Waals surface area contributed by atoms with E-state index in [-0.39, 0.29) is 0 Å². The second-order valence-electron chi connectivity index (χ2n) is 8.00. The maximum atomic E-state index is 2.51. The van der Waals surface area contributed by atoms with E-state index >= 15 is 0 Å². The first-order valence-electron chi connectivity index (χ1n) is 10.6.